The fourth-order valence-electron chi connectivity index (χ4n) is 2.08. The van der Waals surface area contributed by atoms with Crippen molar-refractivity contribution in [2.75, 3.05) is 11.9 Å². The van der Waals surface area contributed by atoms with Gasteiger partial charge in [0.05, 0.1) is 5.69 Å². The normalized spacial score (nSPS) is 11.5. The third-order valence-electron chi connectivity index (χ3n) is 3.56. The monoisotopic (exact) mass is 374 g/mol. The molecule has 0 radical (unpaired) electrons. The van der Waals surface area contributed by atoms with Crippen molar-refractivity contribution < 1.29 is 8.78 Å². The highest BCUT2D eigenvalue weighted by atomic mass is 32.1. The fraction of sp³-hybridized carbons (Fsp3) is 0.500. The Labute approximate surface area is 152 Å². The van der Waals surface area contributed by atoms with Gasteiger partial charge in [0.15, 0.2) is 10.2 Å². The van der Waals surface area contributed by atoms with Gasteiger partial charge in [0.1, 0.15) is 11.6 Å². The van der Waals surface area contributed by atoms with E-state index in [1.54, 1.807) is 0 Å². The Hall–Kier alpha value is -1.54. The van der Waals surface area contributed by atoms with Crippen molar-refractivity contribution in [3.05, 3.63) is 29.8 Å². The Bertz CT molecular complexity index is 555. The molecule has 0 aliphatic heterocycles. The minimum Gasteiger partial charge on any atom is -0.361 e. The van der Waals surface area contributed by atoms with Gasteiger partial charge in [0.2, 0.25) is 0 Å². The molecule has 1 rings (SSSR count). The lowest BCUT2D eigenvalue weighted by Gasteiger charge is -2.18. The third-order valence-corrected chi connectivity index (χ3v) is 4.01. The Morgan fingerprint density at radius 3 is 2.46 bits per heavy atom. The SMILES string of the molecule is CCCC[C@H](CC)CNC(=S)NNC(=S)Nc1ccc(F)cc1F. The zero-order valence-electron chi connectivity index (χ0n) is 13.9. The molecule has 1 aromatic rings. The summed E-state index contributed by atoms with van der Waals surface area (Å²) in [4.78, 5) is 0. The third kappa shape index (κ3) is 7.83. The van der Waals surface area contributed by atoms with Crippen LogP contribution in [0, 0.1) is 17.6 Å². The van der Waals surface area contributed by atoms with Crippen molar-refractivity contribution >= 4 is 40.3 Å². The van der Waals surface area contributed by atoms with E-state index in [9.17, 15) is 8.78 Å². The molecule has 0 bridgehead atoms. The maximum absolute atomic E-state index is 13.5. The molecule has 0 saturated carbocycles. The highest BCUT2D eigenvalue weighted by Gasteiger charge is 2.08. The summed E-state index contributed by atoms with van der Waals surface area (Å²) in [6, 6.07) is 3.20. The zero-order chi connectivity index (χ0) is 17.9. The minimum absolute atomic E-state index is 0.0835. The fourth-order valence-corrected chi connectivity index (χ4v) is 2.38. The molecule has 0 saturated heterocycles. The number of nitrogens with one attached hydrogen (secondary N) is 4. The highest BCUT2D eigenvalue weighted by molar-refractivity contribution is 7.80. The summed E-state index contributed by atoms with van der Waals surface area (Å²) in [5, 5.41) is 6.29. The van der Waals surface area contributed by atoms with Crippen molar-refractivity contribution in [2.45, 2.75) is 39.5 Å². The Kier molecular flexibility index (Phi) is 9.48. The van der Waals surface area contributed by atoms with Crippen LogP contribution < -0.4 is 21.5 Å². The molecule has 0 aliphatic rings. The Morgan fingerprint density at radius 1 is 1.12 bits per heavy atom. The van der Waals surface area contributed by atoms with Gasteiger partial charge >= 0.3 is 0 Å². The summed E-state index contributed by atoms with van der Waals surface area (Å²) in [6.07, 6.45) is 4.64. The molecule has 0 aliphatic carbocycles. The lowest BCUT2D eigenvalue weighted by Crippen LogP contribution is -2.49. The lowest BCUT2D eigenvalue weighted by atomic mass is 9.99. The van der Waals surface area contributed by atoms with Crippen LogP contribution in [0.25, 0.3) is 0 Å². The maximum atomic E-state index is 13.5. The first-order valence-corrected chi connectivity index (χ1v) is 8.83. The Balaban J connectivity index is 2.31. The standard InChI is InChI=1S/C16H24F2N4S2/c1-3-5-6-11(4-2)10-19-15(23)21-22-16(24)20-14-8-7-12(17)9-13(14)18/h7-9,11H,3-6,10H2,1-2H3,(H2,19,21,23)(H2,20,22,24)/t11-/m0/s1. The molecule has 0 amide bonds. The summed E-state index contributed by atoms with van der Waals surface area (Å²) in [5.74, 6) is -0.793. The number of hydrogen-bond acceptors (Lipinski definition) is 2. The van der Waals surface area contributed by atoms with E-state index in [1.165, 1.54) is 25.3 Å². The van der Waals surface area contributed by atoms with Gasteiger partial charge in [-0.2, -0.15) is 0 Å². The largest absolute Gasteiger partial charge is 0.361 e. The van der Waals surface area contributed by atoms with Gasteiger partial charge in [0.25, 0.3) is 0 Å². The Morgan fingerprint density at radius 2 is 1.83 bits per heavy atom. The number of halogens is 2. The van der Waals surface area contributed by atoms with E-state index >= 15 is 0 Å². The average molecular weight is 375 g/mol. The van der Waals surface area contributed by atoms with Crippen LogP contribution in [0.15, 0.2) is 18.2 Å². The number of hydrogen-bond donors (Lipinski definition) is 4. The molecule has 4 nitrogen and oxygen atoms in total. The minimum atomic E-state index is -0.721. The number of thiocarbonyl (C=S) groups is 2. The van der Waals surface area contributed by atoms with Gasteiger partial charge in [0, 0.05) is 12.6 Å². The summed E-state index contributed by atoms with van der Waals surface area (Å²) < 4.78 is 26.4. The van der Waals surface area contributed by atoms with Crippen molar-refractivity contribution in [1.82, 2.24) is 16.2 Å². The van der Waals surface area contributed by atoms with Crippen molar-refractivity contribution in [3.63, 3.8) is 0 Å². The molecular formula is C16H24F2N4S2. The molecule has 0 heterocycles. The summed E-state index contributed by atoms with van der Waals surface area (Å²) >= 11 is 10.2. The number of benzene rings is 1. The van der Waals surface area contributed by atoms with Gasteiger partial charge in [-0.15, -0.1) is 0 Å². The van der Waals surface area contributed by atoms with Gasteiger partial charge in [-0.3, -0.25) is 10.9 Å². The predicted molar refractivity (Wildman–Crippen MR) is 103 cm³/mol. The van der Waals surface area contributed by atoms with E-state index in [0.29, 0.717) is 11.0 Å². The van der Waals surface area contributed by atoms with Crippen LogP contribution in [0.1, 0.15) is 39.5 Å². The van der Waals surface area contributed by atoms with E-state index in [2.05, 4.69) is 35.3 Å². The lowest BCUT2D eigenvalue weighted by molar-refractivity contribution is 0.444. The smallest absolute Gasteiger partial charge is 0.189 e. The maximum Gasteiger partial charge on any atom is 0.189 e. The van der Waals surface area contributed by atoms with Crippen LogP contribution in [0.2, 0.25) is 0 Å². The number of hydrazine groups is 1. The second-order valence-electron chi connectivity index (χ2n) is 5.45. The quantitative estimate of drug-likeness (QED) is 0.430. The first-order valence-electron chi connectivity index (χ1n) is 8.02. The van der Waals surface area contributed by atoms with Crippen molar-refractivity contribution in [1.29, 1.82) is 0 Å². The number of rotatable bonds is 7. The van der Waals surface area contributed by atoms with E-state index in [-0.39, 0.29) is 10.8 Å². The van der Waals surface area contributed by atoms with E-state index in [4.69, 9.17) is 24.4 Å². The van der Waals surface area contributed by atoms with E-state index in [1.807, 2.05) is 0 Å². The molecule has 0 unspecified atom stereocenters. The molecule has 0 spiro atoms. The molecular weight excluding hydrogens is 350 g/mol. The van der Waals surface area contributed by atoms with Gasteiger partial charge in [-0.25, -0.2) is 8.78 Å². The molecule has 1 atom stereocenters. The molecule has 0 fully saturated rings. The van der Waals surface area contributed by atoms with Crippen LogP contribution in [0.3, 0.4) is 0 Å². The predicted octanol–water partition coefficient (Wildman–Crippen LogP) is 3.85. The first kappa shape index (κ1) is 20.5. The second-order valence-corrected chi connectivity index (χ2v) is 6.27. The van der Waals surface area contributed by atoms with E-state index < -0.39 is 11.6 Å². The molecule has 8 heteroatoms. The number of unbranched alkanes of at least 4 members (excludes halogenated alkanes) is 1. The summed E-state index contributed by atoms with van der Waals surface area (Å²) in [7, 11) is 0. The van der Waals surface area contributed by atoms with Gasteiger partial charge in [-0.1, -0.05) is 33.1 Å². The molecule has 1 aromatic carbocycles. The van der Waals surface area contributed by atoms with Crippen LogP contribution >= 0.6 is 24.4 Å². The van der Waals surface area contributed by atoms with Crippen LogP contribution in [0.5, 0.6) is 0 Å². The summed E-state index contributed by atoms with van der Waals surface area (Å²) in [5.41, 5.74) is 5.49. The van der Waals surface area contributed by atoms with Crippen molar-refractivity contribution in [2.24, 2.45) is 5.92 Å². The average Bonchev–Trinajstić information content (AvgIpc) is 2.55. The second kappa shape index (κ2) is 11.1. The molecule has 0 aromatic heterocycles. The molecule has 4 N–H and O–H groups in total. The summed E-state index contributed by atoms with van der Waals surface area (Å²) in [6.45, 7) is 5.12. The molecule has 134 valence electrons. The van der Waals surface area contributed by atoms with E-state index in [0.717, 1.165) is 25.1 Å². The first-order chi connectivity index (χ1) is 11.5. The van der Waals surface area contributed by atoms with Crippen LogP contribution in [-0.4, -0.2) is 16.8 Å². The van der Waals surface area contributed by atoms with Crippen LogP contribution in [0.4, 0.5) is 14.5 Å². The number of anilines is 1. The van der Waals surface area contributed by atoms with Gasteiger partial charge in [-0.05, 0) is 48.9 Å². The topological polar surface area (TPSA) is 48.1 Å². The van der Waals surface area contributed by atoms with Gasteiger partial charge < -0.3 is 10.6 Å². The zero-order valence-corrected chi connectivity index (χ0v) is 15.6. The molecule has 24 heavy (non-hydrogen) atoms. The highest BCUT2D eigenvalue weighted by Crippen LogP contribution is 2.14. The van der Waals surface area contributed by atoms with Crippen molar-refractivity contribution in [3.8, 4) is 0 Å². The van der Waals surface area contributed by atoms with Crippen LogP contribution in [-0.2, 0) is 0 Å².